The fourth-order valence-corrected chi connectivity index (χ4v) is 1.17. The van der Waals surface area contributed by atoms with Crippen LogP contribution in [0.15, 0.2) is 18.2 Å². The van der Waals surface area contributed by atoms with Gasteiger partial charge in [0.2, 0.25) is 0 Å². The summed E-state index contributed by atoms with van der Waals surface area (Å²) in [6.45, 7) is -2.92. The van der Waals surface area contributed by atoms with Crippen molar-refractivity contribution in [1.29, 1.82) is 0 Å². The van der Waals surface area contributed by atoms with Crippen LogP contribution in [0.1, 0.15) is 10.4 Å². The Morgan fingerprint density at radius 3 is 2.60 bits per heavy atom. The van der Waals surface area contributed by atoms with Crippen LogP contribution >= 0.6 is 11.6 Å². The van der Waals surface area contributed by atoms with Crippen LogP contribution in [0.4, 0.5) is 8.78 Å². The summed E-state index contributed by atoms with van der Waals surface area (Å²) in [5.41, 5.74) is 0.0979. The van der Waals surface area contributed by atoms with Gasteiger partial charge in [-0.2, -0.15) is 8.78 Å². The maximum absolute atomic E-state index is 11.9. The summed E-state index contributed by atoms with van der Waals surface area (Å²) in [4.78, 5) is 10.9. The molecule has 0 aliphatic heterocycles. The van der Waals surface area contributed by atoms with Crippen molar-refractivity contribution in [1.82, 2.24) is 0 Å². The second-order valence-electron chi connectivity index (χ2n) is 2.51. The Morgan fingerprint density at radius 1 is 1.47 bits per heavy atom. The molecule has 0 aromatic heterocycles. The number of carbonyl (C=O) groups is 1. The molecule has 0 heterocycles. The highest BCUT2D eigenvalue weighted by Crippen LogP contribution is 2.26. The van der Waals surface area contributed by atoms with Gasteiger partial charge in [-0.3, -0.25) is 4.79 Å². The molecule has 0 aliphatic carbocycles. The van der Waals surface area contributed by atoms with Crippen molar-refractivity contribution in [3.05, 3.63) is 23.8 Å². The van der Waals surface area contributed by atoms with Gasteiger partial charge in [0.15, 0.2) is 0 Å². The topological polar surface area (TPSA) is 35.5 Å². The van der Waals surface area contributed by atoms with Crippen LogP contribution in [0.25, 0.3) is 0 Å². The Hall–Kier alpha value is -1.36. The van der Waals surface area contributed by atoms with E-state index in [0.29, 0.717) is 0 Å². The molecule has 0 unspecified atom stereocenters. The molecular weight excluding hydrogens is 230 g/mol. The number of ether oxygens (including phenoxy) is 2. The molecule has 15 heavy (non-hydrogen) atoms. The molecule has 1 aromatic carbocycles. The van der Waals surface area contributed by atoms with E-state index in [9.17, 15) is 13.6 Å². The minimum Gasteiger partial charge on any atom is -0.496 e. The minimum atomic E-state index is -2.92. The van der Waals surface area contributed by atoms with E-state index in [2.05, 4.69) is 4.74 Å². The molecule has 0 N–H and O–H groups in total. The molecule has 6 heteroatoms. The zero-order valence-electron chi connectivity index (χ0n) is 7.67. The number of alkyl halides is 2. The lowest BCUT2D eigenvalue weighted by atomic mass is 10.2. The molecule has 0 radical (unpaired) electrons. The lowest BCUT2D eigenvalue weighted by Gasteiger charge is -2.08. The Morgan fingerprint density at radius 2 is 2.13 bits per heavy atom. The Balaban J connectivity index is 3.02. The monoisotopic (exact) mass is 236 g/mol. The fraction of sp³-hybridized carbons (Fsp3) is 0.222. The third-order valence-electron chi connectivity index (χ3n) is 1.61. The van der Waals surface area contributed by atoms with Crippen LogP contribution in [-0.2, 0) is 0 Å². The first-order chi connectivity index (χ1) is 7.04. The van der Waals surface area contributed by atoms with Crippen LogP contribution in [0.2, 0.25) is 0 Å². The Bertz CT molecular complexity index is 368. The molecule has 3 nitrogen and oxygen atoms in total. The van der Waals surface area contributed by atoms with Gasteiger partial charge in [-0.25, -0.2) is 0 Å². The van der Waals surface area contributed by atoms with Gasteiger partial charge in [-0.15, -0.1) is 0 Å². The number of hydrogen-bond donors (Lipinski definition) is 0. The van der Waals surface area contributed by atoms with Crippen molar-refractivity contribution in [2.24, 2.45) is 0 Å². The summed E-state index contributed by atoms with van der Waals surface area (Å²) in [5, 5.41) is -0.726. The maximum atomic E-state index is 11.9. The first-order valence-electron chi connectivity index (χ1n) is 3.87. The maximum Gasteiger partial charge on any atom is 0.387 e. The number of benzene rings is 1. The van der Waals surface area contributed by atoms with Crippen molar-refractivity contribution in [2.45, 2.75) is 6.61 Å². The number of methoxy groups -OCH3 is 1. The summed E-state index contributed by atoms with van der Waals surface area (Å²) in [6, 6.07) is 3.64. The van der Waals surface area contributed by atoms with Crippen molar-refractivity contribution in [3.8, 4) is 11.5 Å². The molecule has 1 aromatic rings. The second-order valence-corrected chi connectivity index (χ2v) is 2.86. The highest BCUT2D eigenvalue weighted by atomic mass is 35.5. The highest BCUT2D eigenvalue weighted by Gasteiger charge is 2.12. The van der Waals surface area contributed by atoms with E-state index in [1.54, 1.807) is 0 Å². The third kappa shape index (κ3) is 3.06. The van der Waals surface area contributed by atoms with Gasteiger partial charge in [-0.1, -0.05) is 0 Å². The van der Waals surface area contributed by atoms with E-state index < -0.39 is 11.9 Å². The van der Waals surface area contributed by atoms with Gasteiger partial charge in [0.25, 0.3) is 5.24 Å². The summed E-state index contributed by atoms with van der Waals surface area (Å²) in [7, 11) is 1.30. The van der Waals surface area contributed by atoms with E-state index in [4.69, 9.17) is 16.3 Å². The van der Waals surface area contributed by atoms with Gasteiger partial charge in [-0.05, 0) is 23.7 Å². The second kappa shape index (κ2) is 4.93. The lowest BCUT2D eigenvalue weighted by molar-refractivity contribution is -0.0499. The molecule has 0 bridgehead atoms. The largest absolute Gasteiger partial charge is 0.496 e. The molecule has 0 saturated heterocycles. The van der Waals surface area contributed by atoms with Gasteiger partial charge in [0.05, 0.1) is 12.7 Å². The van der Waals surface area contributed by atoms with Crippen molar-refractivity contribution in [3.63, 3.8) is 0 Å². The van der Waals surface area contributed by atoms with Crippen molar-refractivity contribution in [2.75, 3.05) is 7.11 Å². The Labute approximate surface area is 89.5 Å². The first-order valence-corrected chi connectivity index (χ1v) is 4.25. The predicted octanol–water partition coefficient (Wildman–Crippen LogP) is 2.68. The SMILES string of the molecule is COc1cc(OC(F)F)ccc1C(=O)Cl. The van der Waals surface area contributed by atoms with Crippen molar-refractivity contribution >= 4 is 16.8 Å². The van der Waals surface area contributed by atoms with Crippen LogP contribution in [0.5, 0.6) is 11.5 Å². The van der Waals surface area contributed by atoms with Crippen LogP contribution in [0, 0.1) is 0 Å². The van der Waals surface area contributed by atoms with Gasteiger partial charge in [0, 0.05) is 6.07 Å². The molecule has 1 rings (SSSR count). The first kappa shape index (κ1) is 11.7. The summed E-state index contributed by atoms with van der Waals surface area (Å²) >= 11 is 5.24. The fourth-order valence-electron chi connectivity index (χ4n) is 1.01. The number of hydrogen-bond acceptors (Lipinski definition) is 3. The van der Waals surface area contributed by atoms with Crippen LogP contribution in [0.3, 0.4) is 0 Å². The van der Waals surface area contributed by atoms with Crippen LogP contribution in [-0.4, -0.2) is 19.0 Å². The highest BCUT2D eigenvalue weighted by molar-refractivity contribution is 6.68. The summed E-state index contributed by atoms with van der Waals surface area (Å²) in [5.74, 6) is -0.00309. The molecule has 0 fully saturated rings. The van der Waals surface area contributed by atoms with Crippen LogP contribution < -0.4 is 9.47 Å². The average Bonchev–Trinajstić information content (AvgIpc) is 2.16. The van der Waals surface area contributed by atoms with Gasteiger partial charge < -0.3 is 9.47 Å². The van der Waals surface area contributed by atoms with E-state index in [1.165, 1.54) is 25.3 Å². The number of halogens is 3. The Kier molecular flexibility index (Phi) is 3.85. The van der Waals surface area contributed by atoms with E-state index >= 15 is 0 Å². The third-order valence-corrected chi connectivity index (χ3v) is 1.81. The predicted molar refractivity (Wildman–Crippen MR) is 49.8 cm³/mol. The molecule has 0 spiro atoms. The normalized spacial score (nSPS) is 10.2. The lowest BCUT2D eigenvalue weighted by Crippen LogP contribution is -2.03. The minimum absolute atomic E-state index is 0.0909. The standard InChI is InChI=1S/C9H7ClF2O3/c1-14-7-4-5(15-9(11)12)2-3-6(7)8(10)13/h2-4,9H,1H3. The zero-order valence-corrected chi connectivity index (χ0v) is 8.42. The average molecular weight is 237 g/mol. The zero-order chi connectivity index (χ0) is 11.4. The number of carbonyl (C=O) groups excluding carboxylic acids is 1. The van der Waals surface area contributed by atoms with Crippen molar-refractivity contribution < 1.29 is 23.0 Å². The molecule has 82 valence electrons. The van der Waals surface area contributed by atoms with E-state index in [1.807, 2.05) is 0 Å². The van der Waals surface area contributed by atoms with E-state index in [-0.39, 0.29) is 17.1 Å². The summed E-state index contributed by atoms with van der Waals surface area (Å²) < 4.78 is 32.6. The smallest absolute Gasteiger partial charge is 0.387 e. The van der Waals surface area contributed by atoms with Gasteiger partial charge in [0.1, 0.15) is 11.5 Å². The quantitative estimate of drug-likeness (QED) is 0.754. The summed E-state index contributed by atoms with van der Waals surface area (Å²) in [6.07, 6.45) is 0. The molecule has 0 saturated carbocycles. The van der Waals surface area contributed by atoms with E-state index in [0.717, 1.165) is 0 Å². The molecular formula is C9H7ClF2O3. The molecule has 0 amide bonds. The molecule has 0 atom stereocenters. The van der Waals surface area contributed by atoms with Gasteiger partial charge >= 0.3 is 6.61 Å². The molecule has 0 aliphatic rings. The number of rotatable bonds is 4.